The van der Waals surface area contributed by atoms with Gasteiger partial charge in [-0.2, -0.15) is 0 Å². The molecule has 0 aromatic heterocycles. The van der Waals surface area contributed by atoms with Crippen LogP contribution in [0.3, 0.4) is 0 Å². The molecule has 0 atom stereocenters. The highest BCUT2D eigenvalue weighted by atomic mass is 16.6. The molecule has 0 unspecified atom stereocenters. The molecule has 0 rings (SSSR count). The maximum Gasteiger partial charge on any atom is 0.107 e. The van der Waals surface area contributed by atoms with Crippen molar-refractivity contribution in [3.63, 3.8) is 0 Å². The summed E-state index contributed by atoms with van der Waals surface area (Å²) in [6.45, 7) is 12.3. The van der Waals surface area contributed by atoms with Crippen molar-refractivity contribution in [2.24, 2.45) is 0 Å². The van der Waals surface area contributed by atoms with Crippen LogP contribution in [0, 0.1) is 12.3 Å². The fourth-order valence-corrected chi connectivity index (χ4v) is 1.95. The van der Waals surface area contributed by atoms with Crippen molar-refractivity contribution < 1.29 is 18.9 Å². The summed E-state index contributed by atoms with van der Waals surface area (Å²) >= 11 is 0. The van der Waals surface area contributed by atoms with Gasteiger partial charge in [-0.25, -0.2) is 0 Å². The first-order valence-corrected chi connectivity index (χ1v) is 8.31. The minimum atomic E-state index is 0.338. The van der Waals surface area contributed by atoms with Gasteiger partial charge < -0.3 is 23.8 Å². The lowest BCUT2D eigenvalue weighted by atomic mass is 10.3. The Balaban J connectivity index is 3.18. The zero-order chi connectivity index (χ0) is 16.3. The SMILES string of the molecule is C#CCOCCOCCOCCOCCN(CCC)CCC. The van der Waals surface area contributed by atoms with Gasteiger partial charge in [-0.15, -0.1) is 6.42 Å². The van der Waals surface area contributed by atoms with Gasteiger partial charge in [-0.3, -0.25) is 0 Å². The van der Waals surface area contributed by atoms with E-state index in [9.17, 15) is 0 Å². The smallest absolute Gasteiger partial charge is 0.107 e. The summed E-state index contributed by atoms with van der Waals surface area (Å²) in [4.78, 5) is 2.44. The molecule has 5 heteroatoms. The Kier molecular flexibility index (Phi) is 17.9. The summed E-state index contributed by atoms with van der Waals surface area (Å²) in [6.07, 6.45) is 7.44. The van der Waals surface area contributed by atoms with Crippen molar-refractivity contribution in [2.75, 3.05) is 72.5 Å². The third kappa shape index (κ3) is 15.7. The molecule has 130 valence electrons. The molecule has 0 aromatic carbocycles. The van der Waals surface area contributed by atoms with Gasteiger partial charge >= 0.3 is 0 Å². The Bertz CT molecular complexity index is 250. The summed E-state index contributed by atoms with van der Waals surface area (Å²) in [7, 11) is 0. The average Bonchev–Trinajstić information content (AvgIpc) is 2.52. The molecular weight excluding hydrogens is 282 g/mol. The maximum atomic E-state index is 5.58. The quantitative estimate of drug-likeness (QED) is 0.302. The molecule has 0 heterocycles. The van der Waals surface area contributed by atoms with E-state index in [1.54, 1.807) is 0 Å². The Labute approximate surface area is 136 Å². The van der Waals surface area contributed by atoms with Crippen molar-refractivity contribution in [2.45, 2.75) is 26.7 Å². The van der Waals surface area contributed by atoms with Gasteiger partial charge in [-0.1, -0.05) is 19.8 Å². The summed E-state index contributed by atoms with van der Waals surface area (Å²) in [5.74, 6) is 2.40. The lowest BCUT2D eigenvalue weighted by Gasteiger charge is -2.20. The summed E-state index contributed by atoms with van der Waals surface area (Å²) in [5, 5.41) is 0. The zero-order valence-electron chi connectivity index (χ0n) is 14.3. The van der Waals surface area contributed by atoms with E-state index in [2.05, 4.69) is 24.7 Å². The van der Waals surface area contributed by atoms with E-state index < -0.39 is 0 Å². The molecule has 0 saturated carbocycles. The van der Waals surface area contributed by atoms with Crippen molar-refractivity contribution in [1.29, 1.82) is 0 Å². The van der Waals surface area contributed by atoms with Gasteiger partial charge in [0.05, 0.1) is 46.2 Å². The molecule has 22 heavy (non-hydrogen) atoms. The minimum Gasteiger partial charge on any atom is -0.378 e. The van der Waals surface area contributed by atoms with Gasteiger partial charge in [0.1, 0.15) is 6.61 Å². The average molecular weight is 315 g/mol. The number of nitrogens with zero attached hydrogens (tertiary/aromatic N) is 1. The highest BCUT2D eigenvalue weighted by molar-refractivity contribution is 4.82. The number of hydrogen-bond donors (Lipinski definition) is 0. The molecule has 0 spiro atoms. The van der Waals surface area contributed by atoms with E-state index in [0.717, 1.165) is 26.2 Å². The third-order valence-electron chi connectivity index (χ3n) is 2.93. The largest absolute Gasteiger partial charge is 0.378 e. The zero-order valence-corrected chi connectivity index (χ0v) is 14.3. The second-order valence-corrected chi connectivity index (χ2v) is 4.94. The third-order valence-corrected chi connectivity index (χ3v) is 2.93. The van der Waals surface area contributed by atoms with Crippen molar-refractivity contribution in [1.82, 2.24) is 4.90 Å². The van der Waals surface area contributed by atoms with Gasteiger partial charge in [-0.05, 0) is 25.9 Å². The standard InChI is InChI=1S/C17H33NO4/c1-4-7-18(8-5-2)9-11-20-13-15-22-17-16-21-14-12-19-10-6-3/h3H,4-5,7-17H2,1-2H3. The summed E-state index contributed by atoms with van der Waals surface area (Å²) in [6, 6.07) is 0. The number of hydrogen-bond acceptors (Lipinski definition) is 5. The molecule has 0 saturated heterocycles. The van der Waals surface area contributed by atoms with Crippen molar-refractivity contribution in [3.05, 3.63) is 0 Å². The molecule has 0 fully saturated rings. The predicted molar refractivity (Wildman–Crippen MR) is 89.1 cm³/mol. The second-order valence-electron chi connectivity index (χ2n) is 4.94. The number of ether oxygens (including phenoxy) is 4. The summed E-state index contributed by atoms with van der Waals surface area (Å²) in [5.41, 5.74) is 0. The minimum absolute atomic E-state index is 0.338. The van der Waals surface area contributed by atoms with Gasteiger partial charge in [0.25, 0.3) is 0 Å². The highest BCUT2D eigenvalue weighted by Crippen LogP contribution is 1.94. The van der Waals surface area contributed by atoms with Crippen LogP contribution in [0.2, 0.25) is 0 Å². The number of rotatable bonds is 17. The van der Waals surface area contributed by atoms with Crippen LogP contribution in [-0.4, -0.2) is 77.4 Å². The van der Waals surface area contributed by atoms with E-state index in [-0.39, 0.29) is 0 Å². The predicted octanol–water partition coefficient (Wildman–Crippen LogP) is 1.81. The highest BCUT2D eigenvalue weighted by Gasteiger charge is 2.01. The van der Waals surface area contributed by atoms with Gasteiger partial charge in [0.15, 0.2) is 0 Å². The fraction of sp³-hybridized carbons (Fsp3) is 0.882. The molecule has 0 bridgehead atoms. The van der Waals surface area contributed by atoms with Crippen molar-refractivity contribution in [3.8, 4) is 12.3 Å². The Hall–Kier alpha value is -0.640. The van der Waals surface area contributed by atoms with Crippen LogP contribution >= 0.6 is 0 Å². The lowest BCUT2D eigenvalue weighted by molar-refractivity contribution is -0.00107. The van der Waals surface area contributed by atoms with E-state index >= 15 is 0 Å². The molecule has 0 radical (unpaired) electrons. The normalized spacial score (nSPS) is 11.0. The van der Waals surface area contributed by atoms with Crippen LogP contribution in [-0.2, 0) is 18.9 Å². The number of terminal acetylenes is 1. The maximum absolute atomic E-state index is 5.58. The molecular formula is C17H33NO4. The lowest BCUT2D eigenvalue weighted by Crippen LogP contribution is -2.29. The van der Waals surface area contributed by atoms with Crippen LogP contribution < -0.4 is 0 Å². The molecule has 0 aliphatic heterocycles. The Morgan fingerprint density at radius 3 is 1.59 bits per heavy atom. The van der Waals surface area contributed by atoms with E-state index in [4.69, 9.17) is 25.4 Å². The molecule has 5 nitrogen and oxygen atoms in total. The van der Waals surface area contributed by atoms with Crippen LogP contribution in [0.15, 0.2) is 0 Å². The van der Waals surface area contributed by atoms with Crippen LogP contribution in [0.1, 0.15) is 26.7 Å². The van der Waals surface area contributed by atoms with E-state index in [1.807, 2.05) is 0 Å². The summed E-state index contributed by atoms with van der Waals surface area (Å²) < 4.78 is 21.4. The molecule has 0 N–H and O–H groups in total. The fourth-order valence-electron chi connectivity index (χ4n) is 1.95. The van der Waals surface area contributed by atoms with Crippen LogP contribution in [0.5, 0.6) is 0 Å². The first-order valence-electron chi connectivity index (χ1n) is 8.31. The van der Waals surface area contributed by atoms with E-state index in [1.165, 1.54) is 12.8 Å². The van der Waals surface area contributed by atoms with Gasteiger partial charge in [0.2, 0.25) is 0 Å². The van der Waals surface area contributed by atoms with E-state index in [0.29, 0.717) is 46.2 Å². The monoisotopic (exact) mass is 315 g/mol. The van der Waals surface area contributed by atoms with Gasteiger partial charge in [0, 0.05) is 6.54 Å². The molecule has 0 aliphatic rings. The Morgan fingerprint density at radius 1 is 0.682 bits per heavy atom. The molecule has 0 aliphatic carbocycles. The second kappa shape index (κ2) is 18.4. The molecule has 0 amide bonds. The Morgan fingerprint density at radius 2 is 1.14 bits per heavy atom. The van der Waals surface area contributed by atoms with Crippen molar-refractivity contribution >= 4 is 0 Å². The van der Waals surface area contributed by atoms with Crippen LogP contribution in [0.25, 0.3) is 0 Å². The molecule has 0 aromatic rings. The van der Waals surface area contributed by atoms with Crippen LogP contribution in [0.4, 0.5) is 0 Å². The first-order chi connectivity index (χ1) is 10.8. The topological polar surface area (TPSA) is 40.2 Å². The first kappa shape index (κ1) is 21.4.